The van der Waals surface area contributed by atoms with Gasteiger partial charge in [0.1, 0.15) is 6.61 Å². The van der Waals surface area contributed by atoms with Crippen LogP contribution in [0.5, 0.6) is 0 Å². The van der Waals surface area contributed by atoms with Crippen LogP contribution in [0.1, 0.15) is 26.2 Å². The number of hydrogen-bond donors (Lipinski definition) is 1. The molecular weight excluding hydrogens is 180 g/mol. The Balaban J connectivity index is 2.36. The molecule has 1 aliphatic rings. The van der Waals surface area contributed by atoms with Crippen molar-refractivity contribution in [1.82, 2.24) is 4.90 Å². The number of ether oxygens (including phenoxy) is 1. The zero-order valence-corrected chi connectivity index (χ0v) is 8.87. The third-order valence-electron chi connectivity index (χ3n) is 2.49. The van der Waals surface area contributed by atoms with Crippen molar-refractivity contribution in [2.24, 2.45) is 5.73 Å². The quantitative estimate of drug-likeness (QED) is 0.715. The van der Waals surface area contributed by atoms with E-state index in [0.29, 0.717) is 13.2 Å². The topological polar surface area (TPSA) is 55.6 Å². The van der Waals surface area contributed by atoms with Crippen LogP contribution in [0.4, 0.5) is 0 Å². The van der Waals surface area contributed by atoms with Gasteiger partial charge in [0, 0.05) is 25.7 Å². The third kappa shape index (κ3) is 3.64. The number of nitrogens with two attached hydrogens (primary N) is 1. The Bertz CT molecular complexity index is 185. The number of likely N-dealkylation sites (tertiary alicyclic amines) is 1. The molecule has 1 rings (SSSR count). The Morgan fingerprint density at radius 1 is 1.57 bits per heavy atom. The van der Waals surface area contributed by atoms with Crippen LogP contribution < -0.4 is 5.73 Å². The summed E-state index contributed by atoms with van der Waals surface area (Å²) in [7, 11) is 0. The number of hydrogen-bond acceptors (Lipinski definition) is 3. The van der Waals surface area contributed by atoms with E-state index in [0.717, 1.165) is 25.8 Å². The predicted octanol–water partition coefficient (Wildman–Crippen LogP) is 0.363. The molecule has 0 bridgehead atoms. The summed E-state index contributed by atoms with van der Waals surface area (Å²) in [4.78, 5) is 13.4. The second-order valence-electron chi connectivity index (χ2n) is 3.73. The molecule has 1 saturated heterocycles. The Labute approximate surface area is 85.4 Å². The number of rotatable bonds is 3. The van der Waals surface area contributed by atoms with E-state index in [-0.39, 0.29) is 18.6 Å². The van der Waals surface area contributed by atoms with Gasteiger partial charge < -0.3 is 15.4 Å². The molecule has 2 N–H and O–H groups in total. The van der Waals surface area contributed by atoms with E-state index in [1.807, 2.05) is 11.8 Å². The fourth-order valence-electron chi connectivity index (χ4n) is 1.68. The number of carbonyl (C=O) groups is 1. The lowest BCUT2D eigenvalue weighted by Gasteiger charge is -2.22. The molecular formula is C10H20N2O2. The molecule has 0 saturated carbocycles. The molecule has 1 atom stereocenters. The molecule has 1 aliphatic heterocycles. The van der Waals surface area contributed by atoms with Gasteiger partial charge in [-0.2, -0.15) is 0 Å². The van der Waals surface area contributed by atoms with Gasteiger partial charge in [0.05, 0.1) is 0 Å². The lowest BCUT2D eigenvalue weighted by atomic mass is 10.2. The summed E-state index contributed by atoms with van der Waals surface area (Å²) in [5.41, 5.74) is 5.86. The van der Waals surface area contributed by atoms with E-state index in [9.17, 15) is 4.79 Å². The van der Waals surface area contributed by atoms with Crippen LogP contribution in [0.15, 0.2) is 0 Å². The highest BCUT2D eigenvalue weighted by molar-refractivity contribution is 5.77. The van der Waals surface area contributed by atoms with Crippen molar-refractivity contribution in [1.29, 1.82) is 0 Å². The zero-order chi connectivity index (χ0) is 10.4. The first-order chi connectivity index (χ1) is 6.74. The minimum Gasteiger partial charge on any atom is -0.372 e. The molecule has 14 heavy (non-hydrogen) atoms. The maximum absolute atomic E-state index is 11.6. The molecule has 0 aliphatic carbocycles. The first-order valence-electron chi connectivity index (χ1n) is 5.35. The van der Waals surface area contributed by atoms with Crippen molar-refractivity contribution in [2.45, 2.75) is 32.2 Å². The fraction of sp³-hybridized carbons (Fsp3) is 0.900. The SMILES string of the molecule is CCOCC(=O)N1CCCCC(N)C1. The first kappa shape index (κ1) is 11.5. The highest BCUT2D eigenvalue weighted by Crippen LogP contribution is 2.09. The largest absolute Gasteiger partial charge is 0.372 e. The fourth-order valence-corrected chi connectivity index (χ4v) is 1.68. The van der Waals surface area contributed by atoms with Crippen LogP contribution in [0.2, 0.25) is 0 Å². The molecule has 1 amide bonds. The van der Waals surface area contributed by atoms with Gasteiger partial charge in [0.25, 0.3) is 0 Å². The monoisotopic (exact) mass is 200 g/mol. The van der Waals surface area contributed by atoms with Gasteiger partial charge in [-0.3, -0.25) is 4.79 Å². The average molecular weight is 200 g/mol. The van der Waals surface area contributed by atoms with Gasteiger partial charge in [0.2, 0.25) is 5.91 Å². The van der Waals surface area contributed by atoms with Crippen molar-refractivity contribution in [3.63, 3.8) is 0 Å². The maximum Gasteiger partial charge on any atom is 0.248 e. The van der Waals surface area contributed by atoms with Crippen LogP contribution in [0.3, 0.4) is 0 Å². The smallest absolute Gasteiger partial charge is 0.248 e. The summed E-state index contributed by atoms with van der Waals surface area (Å²) in [6.45, 7) is 4.20. The van der Waals surface area contributed by atoms with Gasteiger partial charge in [-0.05, 0) is 19.8 Å². The van der Waals surface area contributed by atoms with Crippen LogP contribution in [0, 0.1) is 0 Å². The Hall–Kier alpha value is -0.610. The third-order valence-corrected chi connectivity index (χ3v) is 2.49. The van der Waals surface area contributed by atoms with Crippen molar-refractivity contribution < 1.29 is 9.53 Å². The molecule has 1 unspecified atom stereocenters. The minimum absolute atomic E-state index is 0.0733. The summed E-state index contributed by atoms with van der Waals surface area (Å²) in [6.07, 6.45) is 3.21. The molecule has 82 valence electrons. The zero-order valence-electron chi connectivity index (χ0n) is 8.87. The molecule has 4 heteroatoms. The standard InChI is InChI=1S/C10H20N2O2/c1-2-14-8-10(13)12-6-4-3-5-9(11)7-12/h9H,2-8,11H2,1H3. The van der Waals surface area contributed by atoms with E-state index in [1.165, 1.54) is 0 Å². The summed E-state index contributed by atoms with van der Waals surface area (Å²) < 4.78 is 5.09. The first-order valence-corrected chi connectivity index (χ1v) is 5.35. The van der Waals surface area contributed by atoms with Gasteiger partial charge in [0.15, 0.2) is 0 Å². The van der Waals surface area contributed by atoms with E-state index < -0.39 is 0 Å². The van der Waals surface area contributed by atoms with E-state index in [4.69, 9.17) is 10.5 Å². The number of nitrogens with zero attached hydrogens (tertiary/aromatic N) is 1. The molecule has 0 aromatic heterocycles. The number of amides is 1. The van der Waals surface area contributed by atoms with Gasteiger partial charge >= 0.3 is 0 Å². The molecule has 0 radical (unpaired) electrons. The summed E-state index contributed by atoms with van der Waals surface area (Å²) >= 11 is 0. The molecule has 0 spiro atoms. The van der Waals surface area contributed by atoms with E-state index >= 15 is 0 Å². The van der Waals surface area contributed by atoms with Gasteiger partial charge in [-0.1, -0.05) is 6.42 Å². The minimum atomic E-state index is 0.0733. The molecule has 0 aromatic carbocycles. The van der Waals surface area contributed by atoms with E-state index in [1.54, 1.807) is 0 Å². The van der Waals surface area contributed by atoms with Crippen LogP contribution in [-0.2, 0) is 9.53 Å². The van der Waals surface area contributed by atoms with Crippen molar-refractivity contribution in [3.8, 4) is 0 Å². The van der Waals surface area contributed by atoms with Crippen molar-refractivity contribution in [2.75, 3.05) is 26.3 Å². The van der Waals surface area contributed by atoms with Gasteiger partial charge in [-0.25, -0.2) is 0 Å². The molecule has 1 fully saturated rings. The van der Waals surface area contributed by atoms with Crippen LogP contribution in [-0.4, -0.2) is 43.2 Å². The normalized spacial score (nSPS) is 23.3. The summed E-state index contributed by atoms with van der Waals surface area (Å²) in [5.74, 6) is 0.0733. The molecule has 1 heterocycles. The van der Waals surface area contributed by atoms with Crippen molar-refractivity contribution in [3.05, 3.63) is 0 Å². The average Bonchev–Trinajstić information content (AvgIpc) is 2.39. The Morgan fingerprint density at radius 3 is 3.07 bits per heavy atom. The predicted molar refractivity (Wildman–Crippen MR) is 54.9 cm³/mol. The van der Waals surface area contributed by atoms with Crippen molar-refractivity contribution >= 4 is 5.91 Å². The second kappa shape index (κ2) is 5.98. The lowest BCUT2D eigenvalue weighted by molar-refractivity contribution is -0.136. The molecule has 0 aromatic rings. The Morgan fingerprint density at radius 2 is 2.36 bits per heavy atom. The second-order valence-corrected chi connectivity index (χ2v) is 3.73. The molecule has 4 nitrogen and oxygen atoms in total. The van der Waals surface area contributed by atoms with Crippen LogP contribution >= 0.6 is 0 Å². The summed E-state index contributed by atoms with van der Waals surface area (Å²) in [6, 6.07) is 0.142. The van der Waals surface area contributed by atoms with E-state index in [2.05, 4.69) is 0 Å². The Kier molecular flexibility index (Phi) is 4.90. The summed E-state index contributed by atoms with van der Waals surface area (Å²) in [5, 5.41) is 0. The highest BCUT2D eigenvalue weighted by Gasteiger charge is 2.19. The highest BCUT2D eigenvalue weighted by atomic mass is 16.5. The van der Waals surface area contributed by atoms with Crippen LogP contribution in [0.25, 0.3) is 0 Å². The number of carbonyl (C=O) groups excluding carboxylic acids is 1. The van der Waals surface area contributed by atoms with Gasteiger partial charge in [-0.15, -0.1) is 0 Å². The lowest BCUT2D eigenvalue weighted by Crippen LogP contribution is -2.41. The maximum atomic E-state index is 11.6.